The molecule has 0 aromatic rings. The summed E-state index contributed by atoms with van der Waals surface area (Å²) in [6.07, 6.45) is 9.16. The van der Waals surface area contributed by atoms with E-state index in [0.29, 0.717) is 5.92 Å². The highest BCUT2D eigenvalue weighted by Crippen LogP contribution is 2.25. The van der Waals surface area contributed by atoms with Crippen LogP contribution in [0.4, 0.5) is 0 Å². The quantitative estimate of drug-likeness (QED) is 0.466. The van der Waals surface area contributed by atoms with Crippen molar-refractivity contribution in [1.29, 1.82) is 0 Å². The second-order valence-electron chi connectivity index (χ2n) is 4.56. The Kier molecular flexibility index (Phi) is 14.9. The third-order valence-corrected chi connectivity index (χ3v) is 3.18. The minimum Gasteiger partial charge on any atom is -0.303 e. The van der Waals surface area contributed by atoms with Gasteiger partial charge < -0.3 is 4.79 Å². The lowest BCUT2D eigenvalue weighted by Crippen LogP contribution is -2.00. The smallest absolute Gasteiger partial charge is 0.123 e. The first-order valence-electron chi connectivity index (χ1n) is 7.27. The van der Waals surface area contributed by atoms with Gasteiger partial charge >= 0.3 is 0 Å². The number of hydrogen-bond donors (Lipinski definition) is 0. The van der Waals surface area contributed by atoms with E-state index in [1.54, 1.807) is 0 Å². The SMILES string of the molecule is CC.CC1=CCC(C=O)CCC1C.CCCC. The zero-order valence-electron chi connectivity index (χ0n) is 12.8. The summed E-state index contributed by atoms with van der Waals surface area (Å²) in [5.41, 5.74) is 1.45. The van der Waals surface area contributed by atoms with Crippen molar-refractivity contribution in [2.45, 2.75) is 73.6 Å². The molecule has 1 nitrogen and oxygen atoms in total. The van der Waals surface area contributed by atoms with Crippen molar-refractivity contribution >= 4 is 6.29 Å². The molecule has 1 rings (SSSR count). The predicted molar refractivity (Wildman–Crippen MR) is 78.3 cm³/mol. The van der Waals surface area contributed by atoms with Crippen molar-refractivity contribution in [1.82, 2.24) is 0 Å². The van der Waals surface area contributed by atoms with Crippen molar-refractivity contribution in [2.75, 3.05) is 0 Å². The summed E-state index contributed by atoms with van der Waals surface area (Å²) < 4.78 is 0. The number of allylic oxidation sites excluding steroid dienone is 2. The number of hydrogen-bond acceptors (Lipinski definition) is 1. The van der Waals surface area contributed by atoms with Crippen molar-refractivity contribution in [2.24, 2.45) is 11.8 Å². The first kappa shape index (κ1) is 18.8. The lowest BCUT2D eigenvalue weighted by molar-refractivity contribution is -0.111. The first-order chi connectivity index (χ1) is 8.15. The van der Waals surface area contributed by atoms with Crippen LogP contribution in [-0.2, 0) is 4.79 Å². The van der Waals surface area contributed by atoms with E-state index >= 15 is 0 Å². The van der Waals surface area contributed by atoms with Gasteiger partial charge in [-0.2, -0.15) is 0 Å². The Hall–Kier alpha value is -0.590. The van der Waals surface area contributed by atoms with Crippen LogP contribution in [0.15, 0.2) is 11.6 Å². The van der Waals surface area contributed by atoms with Gasteiger partial charge in [-0.15, -0.1) is 0 Å². The topological polar surface area (TPSA) is 17.1 Å². The highest BCUT2D eigenvalue weighted by molar-refractivity contribution is 5.54. The molecule has 1 heteroatoms. The molecule has 0 spiro atoms. The molecular formula is C16H32O. The molecule has 0 saturated carbocycles. The fraction of sp³-hybridized carbons (Fsp3) is 0.812. The van der Waals surface area contributed by atoms with Gasteiger partial charge in [-0.25, -0.2) is 0 Å². The molecule has 0 aromatic carbocycles. The maximum Gasteiger partial charge on any atom is 0.123 e. The Morgan fingerprint density at radius 1 is 1.24 bits per heavy atom. The van der Waals surface area contributed by atoms with Gasteiger partial charge in [0.25, 0.3) is 0 Å². The standard InChI is InChI=1S/C10H16O.C4H10.C2H6/c1-8-3-5-10(7-11)6-4-9(8)2;1-3-4-2;1-2/h3,7,9-10H,4-6H2,1-2H3;3-4H2,1-2H3;1-2H3. The monoisotopic (exact) mass is 240 g/mol. The zero-order chi connectivity index (χ0) is 13.7. The Morgan fingerprint density at radius 3 is 2.18 bits per heavy atom. The molecule has 1 aliphatic carbocycles. The molecule has 2 unspecified atom stereocenters. The summed E-state index contributed by atoms with van der Waals surface area (Å²) >= 11 is 0. The van der Waals surface area contributed by atoms with Gasteiger partial charge in [0.1, 0.15) is 6.29 Å². The molecule has 0 fully saturated rings. The van der Waals surface area contributed by atoms with Gasteiger partial charge in [0.05, 0.1) is 0 Å². The van der Waals surface area contributed by atoms with E-state index in [9.17, 15) is 4.79 Å². The average molecular weight is 240 g/mol. The average Bonchev–Trinajstić information content (AvgIpc) is 2.55. The molecule has 1 aliphatic rings. The van der Waals surface area contributed by atoms with Crippen LogP contribution in [0, 0.1) is 11.8 Å². The molecule has 0 N–H and O–H groups in total. The van der Waals surface area contributed by atoms with Crippen LogP contribution in [0.3, 0.4) is 0 Å². The van der Waals surface area contributed by atoms with Crippen molar-refractivity contribution in [3.8, 4) is 0 Å². The van der Waals surface area contributed by atoms with E-state index in [1.807, 2.05) is 13.8 Å². The third-order valence-electron chi connectivity index (χ3n) is 3.18. The van der Waals surface area contributed by atoms with E-state index < -0.39 is 0 Å². The molecular weight excluding hydrogens is 208 g/mol. The maximum atomic E-state index is 10.5. The second-order valence-corrected chi connectivity index (χ2v) is 4.56. The number of carbonyl (C=O) groups excluding carboxylic acids is 1. The molecule has 102 valence electrons. The summed E-state index contributed by atoms with van der Waals surface area (Å²) in [5, 5.41) is 0. The van der Waals surface area contributed by atoms with Crippen LogP contribution >= 0.6 is 0 Å². The van der Waals surface area contributed by atoms with Crippen LogP contribution in [0.1, 0.15) is 73.6 Å². The maximum absolute atomic E-state index is 10.5. The summed E-state index contributed by atoms with van der Waals surface area (Å²) in [6, 6.07) is 0. The zero-order valence-corrected chi connectivity index (χ0v) is 12.8. The van der Waals surface area contributed by atoms with Gasteiger partial charge in [0.2, 0.25) is 0 Å². The Labute approximate surface area is 109 Å². The van der Waals surface area contributed by atoms with Crippen LogP contribution in [0.2, 0.25) is 0 Å². The van der Waals surface area contributed by atoms with Gasteiger partial charge in [-0.1, -0.05) is 59.1 Å². The van der Waals surface area contributed by atoms with E-state index in [-0.39, 0.29) is 5.92 Å². The highest BCUT2D eigenvalue weighted by Gasteiger charge is 2.14. The van der Waals surface area contributed by atoms with Gasteiger partial charge in [-0.3, -0.25) is 0 Å². The molecule has 0 aromatic heterocycles. The molecule has 0 saturated heterocycles. The van der Waals surface area contributed by atoms with Gasteiger partial charge in [0.15, 0.2) is 0 Å². The molecule has 2 atom stereocenters. The molecule has 0 heterocycles. The normalized spacial score (nSPS) is 23.1. The highest BCUT2D eigenvalue weighted by atomic mass is 16.1. The molecule has 0 radical (unpaired) electrons. The number of carbonyl (C=O) groups is 1. The van der Waals surface area contributed by atoms with Crippen molar-refractivity contribution in [3.05, 3.63) is 11.6 Å². The Morgan fingerprint density at radius 2 is 1.76 bits per heavy atom. The fourth-order valence-electron chi connectivity index (χ4n) is 1.47. The predicted octanol–water partition coefficient (Wildman–Crippen LogP) is 5.40. The number of unbranched alkanes of at least 4 members (excludes halogenated alkanes) is 1. The lowest BCUT2D eigenvalue weighted by atomic mass is 9.97. The van der Waals surface area contributed by atoms with E-state index in [0.717, 1.165) is 19.1 Å². The summed E-state index contributed by atoms with van der Waals surface area (Å²) in [4.78, 5) is 10.5. The van der Waals surface area contributed by atoms with E-state index in [2.05, 4.69) is 33.8 Å². The second kappa shape index (κ2) is 13.5. The fourth-order valence-corrected chi connectivity index (χ4v) is 1.47. The van der Waals surface area contributed by atoms with E-state index in [4.69, 9.17) is 0 Å². The Balaban J connectivity index is 0. The third kappa shape index (κ3) is 10.3. The summed E-state index contributed by atoms with van der Waals surface area (Å²) in [5.74, 6) is 0.967. The van der Waals surface area contributed by atoms with Gasteiger partial charge in [0, 0.05) is 5.92 Å². The lowest BCUT2D eigenvalue weighted by Gasteiger charge is -2.08. The first-order valence-corrected chi connectivity index (χ1v) is 7.27. The summed E-state index contributed by atoms with van der Waals surface area (Å²) in [7, 11) is 0. The van der Waals surface area contributed by atoms with Crippen LogP contribution in [0.25, 0.3) is 0 Å². The van der Waals surface area contributed by atoms with E-state index in [1.165, 1.54) is 24.8 Å². The molecule has 0 bridgehead atoms. The van der Waals surface area contributed by atoms with Crippen LogP contribution in [0.5, 0.6) is 0 Å². The molecule has 0 amide bonds. The largest absolute Gasteiger partial charge is 0.303 e. The van der Waals surface area contributed by atoms with Crippen LogP contribution < -0.4 is 0 Å². The van der Waals surface area contributed by atoms with Crippen molar-refractivity contribution in [3.63, 3.8) is 0 Å². The number of rotatable bonds is 2. The molecule has 17 heavy (non-hydrogen) atoms. The number of aldehydes is 1. The minimum absolute atomic E-state index is 0.287. The van der Waals surface area contributed by atoms with Gasteiger partial charge in [-0.05, 0) is 32.1 Å². The Bertz CT molecular complexity index is 192. The molecule has 0 aliphatic heterocycles. The minimum atomic E-state index is 0.287. The summed E-state index contributed by atoms with van der Waals surface area (Å²) in [6.45, 7) is 12.8. The van der Waals surface area contributed by atoms with Crippen LogP contribution in [-0.4, -0.2) is 6.29 Å². The van der Waals surface area contributed by atoms with Crippen molar-refractivity contribution < 1.29 is 4.79 Å².